The van der Waals surface area contributed by atoms with Gasteiger partial charge in [-0.2, -0.15) is 4.39 Å². The third-order valence-electron chi connectivity index (χ3n) is 2.14. The number of hydrogen-bond acceptors (Lipinski definition) is 2. The lowest BCUT2D eigenvalue weighted by Crippen LogP contribution is -1.94. The van der Waals surface area contributed by atoms with Crippen LogP contribution in [0.25, 0.3) is 11.3 Å². The standard InChI is InChI=1S/C12H7F2NO/c13-10-4-1-8(2-5-10)11-6-3-9(7-16)12(14)15-11/h1-7H. The first-order chi connectivity index (χ1) is 7.70. The van der Waals surface area contributed by atoms with Gasteiger partial charge in [0.15, 0.2) is 6.29 Å². The Hall–Kier alpha value is -2.10. The van der Waals surface area contributed by atoms with Crippen LogP contribution in [0.3, 0.4) is 0 Å². The van der Waals surface area contributed by atoms with E-state index >= 15 is 0 Å². The summed E-state index contributed by atoms with van der Waals surface area (Å²) in [6, 6.07) is 8.38. The van der Waals surface area contributed by atoms with Gasteiger partial charge in [-0.25, -0.2) is 9.37 Å². The van der Waals surface area contributed by atoms with Gasteiger partial charge in [0.25, 0.3) is 0 Å². The molecule has 0 aliphatic heterocycles. The quantitative estimate of drug-likeness (QED) is 0.574. The molecule has 80 valence electrons. The van der Waals surface area contributed by atoms with E-state index in [9.17, 15) is 13.6 Å². The zero-order valence-electron chi connectivity index (χ0n) is 8.15. The molecular formula is C12H7F2NO. The number of carbonyl (C=O) groups excluding carboxylic acids is 1. The van der Waals surface area contributed by atoms with Gasteiger partial charge >= 0.3 is 0 Å². The highest BCUT2D eigenvalue weighted by atomic mass is 19.1. The van der Waals surface area contributed by atoms with Crippen molar-refractivity contribution in [2.24, 2.45) is 0 Å². The van der Waals surface area contributed by atoms with Crippen LogP contribution >= 0.6 is 0 Å². The van der Waals surface area contributed by atoms with Crippen molar-refractivity contribution in [3.05, 3.63) is 53.7 Å². The number of pyridine rings is 1. The summed E-state index contributed by atoms with van der Waals surface area (Å²) in [5.74, 6) is -1.19. The van der Waals surface area contributed by atoms with Gasteiger partial charge in [-0.3, -0.25) is 4.79 Å². The van der Waals surface area contributed by atoms with E-state index in [1.54, 1.807) is 0 Å². The van der Waals surface area contributed by atoms with Crippen LogP contribution in [0.4, 0.5) is 8.78 Å². The predicted molar refractivity (Wildman–Crippen MR) is 55.0 cm³/mol. The zero-order chi connectivity index (χ0) is 11.5. The fraction of sp³-hybridized carbons (Fsp3) is 0. The van der Waals surface area contributed by atoms with Gasteiger partial charge in [0.2, 0.25) is 5.95 Å². The average Bonchev–Trinajstić information content (AvgIpc) is 2.30. The Morgan fingerprint density at radius 2 is 1.69 bits per heavy atom. The lowest BCUT2D eigenvalue weighted by atomic mass is 10.1. The molecular weight excluding hydrogens is 212 g/mol. The van der Waals surface area contributed by atoms with Crippen molar-refractivity contribution >= 4 is 6.29 Å². The Morgan fingerprint density at radius 1 is 1.00 bits per heavy atom. The molecule has 0 saturated carbocycles. The second-order valence-electron chi connectivity index (χ2n) is 3.20. The van der Waals surface area contributed by atoms with Gasteiger partial charge < -0.3 is 0 Å². The van der Waals surface area contributed by atoms with Crippen molar-refractivity contribution in [2.75, 3.05) is 0 Å². The number of nitrogens with zero attached hydrogens (tertiary/aromatic N) is 1. The molecule has 0 N–H and O–H groups in total. The van der Waals surface area contributed by atoms with Crippen molar-refractivity contribution in [3.63, 3.8) is 0 Å². The van der Waals surface area contributed by atoms with Gasteiger partial charge in [0, 0.05) is 5.56 Å². The molecule has 4 heteroatoms. The number of aldehydes is 1. The molecule has 16 heavy (non-hydrogen) atoms. The third-order valence-corrected chi connectivity index (χ3v) is 2.14. The van der Waals surface area contributed by atoms with Gasteiger partial charge in [-0.15, -0.1) is 0 Å². The lowest BCUT2D eigenvalue weighted by Gasteiger charge is -2.01. The summed E-state index contributed by atoms with van der Waals surface area (Å²) < 4.78 is 25.9. The maximum Gasteiger partial charge on any atom is 0.224 e. The molecule has 0 radical (unpaired) electrons. The fourth-order valence-electron chi connectivity index (χ4n) is 1.31. The highest BCUT2D eigenvalue weighted by Gasteiger charge is 2.05. The fourth-order valence-corrected chi connectivity index (χ4v) is 1.31. The summed E-state index contributed by atoms with van der Waals surface area (Å²) in [6.45, 7) is 0. The van der Waals surface area contributed by atoms with Gasteiger partial charge in [0.1, 0.15) is 5.82 Å². The first-order valence-corrected chi connectivity index (χ1v) is 4.58. The van der Waals surface area contributed by atoms with E-state index in [-0.39, 0.29) is 11.4 Å². The number of carbonyl (C=O) groups is 1. The van der Waals surface area contributed by atoms with E-state index in [1.807, 2.05) is 0 Å². The van der Waals surface area contributed by atoms with Gasteiger partial charge in [0.05, 0.1) is 11.3 Å². The van der Waals surface area contributed by atoms with Crippen LogP contribution in [0, 0.1) is 11.8 Å². The largest absolute Gasteiger partial charge is 0.298 e. The van der Waals surface area contributed by atoms with Crippen LogP contribution in [-0.4, -0.2) is 11.3 Å². The van der Waals surface area contributed by atoms with Gasteiger partial charge in [-0.05, 0) is 36.4 Å². The van der Waals surface area contributed by atoms with E-state index in [1.165, 1.54) is 36.4 Å². The summed E-state index contributed by atoms with van der Waals surface area (Å²) in [5, 5.41) is 0. The first kappa shape index (κ1) is 10.4. The smallest absolute Gasteiger partial charge is 0.224 e. The highest BCUT2D eigenvalue weighted by molar-refractivity contribution is 5.75. The molecule has 1 heterocycles. The Labute approximate surface area is 90.6 Å². The Morgan fingerprint density at radius 3 is 2.25 bits per heavy atom. The molecule has 2 rings (SSSR count). The molecule has 0 aliphatic rings. The number of rotatable bonds is 2. The average molecular weight is 219 g/mol. The highest BCUT2D eigenvalue weighted by Crippen LogP contribution is 2.18. The molecule has 2 nitrogen and oxygen atoms in total. The van der Waals surface area contributed by atoms with E-state index in [4.69, 9.17) is 0 Å². The van der Waals surface area contributed by atoms with Crippen LogP contribution in [0.1, 0.15) is 10.4 Å². The summed E-state index contributed by atoms with van der Waals surface area (Å²) in [4.78, 5) is 14.0. The minimum absolute atomic E-state index is 0.0918. The Kier molecular flexibility index (Phi) is 2.72. The van der Waals surface area contributed by atoms with E-state index in [2.05, 4.69) is 4.98 Å². The van der Waals surface area contributed by atoms with Crippen LogP contribution < -0.4 is 0 Å². The number of aromatic nitrogens is 1. The zero-order valence-corrected chi connectivity index (χ0v) is 8.15. The maximum absolute atomic E-state index is 13.2. The van der Waals surface area contributed by atoms with E-state index < -0.39 is 5.95 Å². The van der Waals surface area contributed by atoms with Gasteiger partial charge in [-0.1, -0.05) is 0 Å². The first-order valence-electron chi connectivity index (χ1n) is 4.58. The monoisotopic (exact) mass is 219 g/mol. The number of benzene rings is 1. The van der Waals surface area contributed by atoms with Crippen molar-refractivity contribution in [3.8, 4) is 11.3 Å². The predicted octanol–water partition coefficient (Wildman–Crippen LogP) is 2.84. The molecule has 0 unspecified atom stereocenters. The molecule has 0 spiro atoms. The molecule has 0 aliphatic carbocycles. The Balaban J connectivity index is 2.45. The second kappa shape index (κ2) is 4.18. The molecule has 0 fully saturated rings. The van der Waals surface area contributed by atoms with Crippen molar-refractivity contribution in [1.29, 1.82) is 0 Å². The molecule has 0 amide bonds. The SMILES string of the molecule is O=Cc1ccc(-c2ccc(F)cc2)nc1F. The van der Waals surface area contributed by atoms with Crippen molar-refractivity contribution in [1.82, 2.24) is 4.98 Å². The maximum atomic E-state index is 13.2. The van der Waals surface area contributed by atoms with Crippen LogP contribution in [-0.2, 0) is 0 Å². The minimum atomic E-state index is -0.822. The third kappa shape index (κ3) is 1.95. The molecule has 1 aromatic heterocycles. The van der Waals surface area contributed by atoms with Crippen LogP contribution in [0.2, 0.25) is 0 Å². The molecule has 1 aromatic carbocycles. The second-order valence-corrected chi connectivity index (χ2v) is 3.20. The summed E-state index contributed by atoms with van der Waals surface area (Å²) in [6.07, 6.45) is 0.400. The summed E-state index contributed by atoms with van der Waals surface area (Å²) in [7, 11) is 0. The van der Waals surface area contributed by atoms with Crippen molar-refractivity contribution < 1.29 is 13.6 Å². The van der Waals surface area contributed by atoms with E-state index in [0.717, 1.165) is 0 Å². The topological polar surface area (TPSA) is 30.0 Å². The lowest BCUT2D eigenvalue weighted by molar-refractivity contribution is 0.111. The normalized spacial score (nSPS) is 10.1. The van der Waals surface area contributed by atoms with Crippen LogP contribution in [0.5, 0.6) is 0 Å². The summed E-state index contributed by atoms with van der Waals surface area (Å²) in [5.41, 5.74) is 0.867. The van der Waals surface area contributed by atoms with E-state index in [0.29, 0.717) is 17.5 Å². The Bertz CT molecular complexity index is 523. The minimum Gasteiger partial charge on any atom is -0.298 e. The summed E-state index contributed by atoms with van der Waals surface area (Å²) >= 11 is 0. The molecule has 0 bridgehead atoms. The molecule has 0 saturated heterocycles. The van der Waals surface area contributed by atoms with Crippen LogP contribution in [0.15, 0.2) is 36.4 Å². The van der Waals surface area contributed by atoms with Crippen molar-refractivity contribution in [2.45, 2.75) is 0 Å². The number of hydrogen-bond donors (Lipinski definition) is 0. The molecule has 2 aromatic rings. The number of halogens is 2. The molecule has 0 atom stereocenters.